The lowest BCUT2D eigenvalue weighted by molar-refractivity contribution is -0.128. The second-order valence-electron chi connectivity index (χ2n) is 7.07. The topological polar surface area (TPSA) is 48.5 Å². The van der Waals surface area contributed by atoms with Crippen LogP contribution >= 0.6 is 0 Å². The Bertz CT molecular complexity index is 495. The van der Waals surface area contributed by atoms with E-state index in [2.05, 4.69) is 53.0 Å². The van der Waals surface area contributed by atoms with Gasteiger partial charge in [0, 0.05) is 50.7 Å². The summed E-state index contributed by atoms with van der Waals surface area (Å²) in [5.74, 6) is 0.138. The molecule has 0 aliphatic carbocycles. The van der Waals surface area contributed by atoms with Crippen LogP contribution in [0.4, 0.5) is 0 Å². The minimum absolute atomic E-state index is 0.0658. The Balaban J connectivity index is 1.80. The van der Waals surface area contributed by atoms with E-state index in [-0.39, 0.29) is 17.5 Å². The Morgan fingerprint density at radius 3 is 2.43 bits per heavy atom. The van der Waals surface area contributed by atoms with Gasteiger partial charge in [-0.25, -0.2) is 0 Å². The molecule has 23 heavy (non-hydrogen) atoms. The first-order valence-electron chi connectivity index (χ1n) is 8.58. The van der Waals surface area contributed by atoms with Crippen LogP contribution in [-0.2, 0) is 11.3 Å². The van der Waals surface area contributed by atoms with Crippen LogP contribution in [0, 0.1) is 0 Å². The molecule has 1 atom stereocenters. The number of pyridine rings is 1. The summed E-state index contributed by atoms with van der Waals surface area (Å²) in [5, 5.41) is 3.15. The monoisotopic (exact) mass is 318 g/mol. The SMILES string of the molecule is CCC(C)(C)NC(=O)[C@H](C)N1CCN(Cc2ccncc2)CC1. The predicted octanol–water partition coefficient (Wildman–Crippen LogP) is 1.89. The second kappa shape index (κ2) is 7.88. The summed E-state index contributed by atoms with van der Waals surface area (Å²) in [4.78, 5) is 21.2. The third kappa shape index (κ3) is 5.29. The number of aromatic nitrogens is 1. The van der Waals surface area contributed by atoms with E-state index in [0.717, 1.165) is 39.1 Å². The molecule has 1 N–H and O–H groups in total. The predicted molar refractivity (Wildman–Crippen MR) is 93.1 cm³/mol. The van der Waals surface area contributed by atoms with Gasteiger partial charge in [-0.3, -0.25) is 19.6 Å². The molecule has 0 saturated carbocycles. The van der Waals surface area contributed by atoms with Gasteiger partial charge in [-0.15, -0.1) is 0 Å². The maximum Gasteiger partial charge on any atom is 0.237 e. The van der Waals surface area contributed by atoms with Crippen molar-refractivity contribution in [1.82, 2.24) is 20.1 Å². The smallest absolute Gasteiger partial charge is 0.237 e. The standard InChI is InChI=1S/C18H30N4O/c1-5-18(3,4)20-17(23)15(2)22-12-10-21(11-13-22)14-16-6-8-19-9-7-16/h6-9,15H,5,10-14H2,1-4H3,(H,20,23)/t15-/m0/s1. The molecule has 1 aliphatic rings. The van der Waals surface area contributed by atoms with Gasteiger partial charge < -0.3 is 5.32 Å². The van der Waals surface area contributed by atoms with E-state index in [9.17, 15) is 4.79 Å². The van der Waals surface area contributed by atoms with Crippen molar-refractivity contribution in [1.29, 1.82) is 0 Å². The van der Waals surface area contributed by atoms with E-state index < -0.39 is 0 Å². The Morgan fingerprint density at radius 2 is 1.87 bits per heavy atom. The number of piperazine rings is 1. The van der Waals surface area contributed by atoms with Crippen molar-refractivity contribution in [3.63, 3.8) is 0 Å². The number of hydrogen-bond acceptors (Lipinski definition) is 4. The molecular weight excluding hydrogens is 288 g/mol. The van der Waals surface area contributed by atoms with Gasteiger partial charge in [-0.1, -0.05) is 6.92 Å². The highest BCUT2D eigenvalue weighted by Gasteiger charge is 2.28. The fraction of sp³-hybridized carbons (Fsp3) is 0.667. The summed E-state index contributed by atoms with van der Waals surface area (Å²) in [5.41, 5.74) is 1.16. The lowest BCUT2D eigenvalue weighted by Crippen LogP contribution is -2.56. The third-order valence-corrected chi connectivity index (χ3v) is 4.84. The van der Waals surface area contributed by atoms with Gasteiger partial charge in [-0.05, 0) is 44.9 Å². The van der Waals surface area contributed by atoms with Crippen molar-refractivity contribution < 1.29 is 4.79 Å². The van der Waals surface area contributed by atoms with Crippen molar-refractivity contribution in [2.45, 2.75) is 52.2 Å². The van der Waals surface area contributed by atoms with E-state index in [0.29, 0.717) is 0 Å². The molecular formula is C18H30N4O. The lowest BCUT2D eigenvalue weighted by atomic mass is 10.0. The lowest BCUT2D eigenvalue weighted by Gasteiger charge is -2.38. The fourth-order valence-electron chi connectivity index (χ4n) is 2.75. The fourth-order valence-corrected chi connectivity index (χ4v) is 2.75. The first-order chi connectivity index (χ1) is 10.9. The first-order valence-corrected chi connectivity index (χ1v) is 8.58. The Hall–Kier alpha value is -1.46. The maximum absolute atomic E-state index is 12.4. The molecule has 1 aromatic heterocycles. The third-order valence-electron chi connectivity index (χ3n) is 4.84. The highest BCUT2D eigenvalue weighted by molar-refractivity contribution is 5.82. The van der Waals surface area contributed by atoms with Crippen LogP contribution < -0.4 is 5.32 Å². The van der Waals surface area contributed by atoms with Crippen molar-refractivity contribution in [2.24, 2.45) is 0 Å². The Kier molecular flexibility index (Phi) is 6.13. The van der Waals surface area contributed by atoms with Crippen LogP contribution in [0.15, 0.2) is 24.5 Å². The van der Waals surface area contributed by atoms with Gasteiger partial charge in [0.25, 0.3) is 0 Å². The molecule has 0 bridgehead atoms. The van der Waals surface area contributed by atoms with Crippen molar-refractivity contribution in [3.8, 4) is 0 Å². The molecule has 2 rings (SSSR count). The van der Waals surface area contributed by atoms with Crippen LogP contribution in [0.2, 0.25) is 0 Å². The normalized spacial score (nSPS) is 18.6. The molecule has 128 valence electrons. The highest BCUT2D eigenvalue weighted by atomic mass is 16.2. The number of nitrogens with zero attached hydrogens (tertiary/aromatic N) is 3. The zero-order valence-electron chi connectivity index (χ0n) is 14.9. The molecule has 0 spiro atoms. The van der Waals surface area contributed by atoms with E-state index in [1.165, 1.54) is 5.56 Å². The largest absolute Gasteiger partial charge is 0.350 e. The summed E-state index contributed by atoms with van der Waals surface area (Å²) in [6, 6.07) is 4.06. The van der Waals surface area contributed by atoms with Crippen LogP contribution in [-0.4, -0.2) is 58.5 Å². The molecule has 1 amide bonds. The van der Waals surface area contributed by atoms with Gasteiger partial charge in [0.2, 0.25) is 5.91 Å². The van der Waals surface area contributed by atoms with Crippen LogP contribution in [0.3, 0.4) is 0 Å². The van der Waals surface area contributed by atoms with Gasteiger partial charge in [-0.2, -0.15) is 0 Å². The summed E-state index contributed by atoms with van der Waals surface area (Å²) < 4.78 is 0. The highest BCUT2D eigenvalue weighted by Crippen LogP contribution is 2.12. The minimum Gasteiger partial charge on any atom is -0.350 e. The molecule has 1 fully saturated rings. The summed E-state index contributed by atoms with van der Waals surface area (Å²) in [7, 11) is 0. The van der Waals surface area contributed by atoms with Crippen molar-refractivity contribution >= 4 is 5.91 Å². The molecule has 1 aromatic rings. The Morgan fingerprint density at radius 1 is 1.26 bits per heavy atom. The van der Waals surface area contributed by atoms with E-state index in [1.54, 1.807) is 0 Å². The minimum atomic E-state index is -0.130. The summed E-state index contributed by atoms with van der Waals surface area (Å²) in [6.45, 7) is 13.1. The maximum atomic E-state index is 12.4. The number of hydrogen-bond donors (Lipinski definition) is 1. The zero-order valence-corrected chi connectivity index (χ0v) is 14.9. The molecule has 0 unspecified atom stereocenters. The van der Waals surface area contributed by atoms with E-state index in [4.69, 9.17) is 0 Å². The molecule has 1 aliphatic heterocycles. The average molecular weight is 318 g/mol. The molecule has 5 heteroatoms. The molecule has 0 radical (unpaired) electrons. The van der Waals surface area contributed by atoms with Crippen LogP contribution in [0.25, 0.3) is 0 Å². The van der Waals surface area contributed by atoms with Crippen molar-refractivity contribution in [3.05, 3.63) is 30.1 Å². The van der Waals surface area contributed by atoms with Gasteiger partial charge in [0.05, 0.1) is 6.04 Å². The molecule has 5 nitrogen and oxygen atoms in total. The average Bonchev–Trinajstić information content (AvgIpc) is 2.55. The van der Waals surface area contributed by atoms with E-state index in [1.807, 2.05) is 19.3 Å². The molecule has 2 heterocycles. The quantitative estimate of drug-likeness (QED) is 0.870. The summed E-state index contributed by atoms with van der Waals surface area (Å²) >= 11 is 0. The van der Waals surface area contributed by atoms with Gasteiger partial charge in [0.1, 0.15) is 0 Å². The number of carbonyl (C=O) groups is 1. The second-order valence-corrected chi connectivity index (χ2v) is 7.07. The summed E-state index contributed by atoms with van der Waals surface area (Å²) in [6.07, 6.45) is 4.62. The number of carbonyl (C=O) groups excluding carboxylic acids is 1. The number of rotatable bonds is 6. The van der Waals surface area contributed by atoms with Crippen LogP contribution in [0.1, 0.15) is 39.7 Å². The molecule has 0 aromatic carbocycles. The number of nitrogens with one attached hydrogen (secondary N) is 1. The van der Waals surface area contributed by atoms with E-state index >= 15 is 0 Å². The molecule has 1 saturated heterocycles. The number of amides is 1. The van der Waals surface area contributed by atoms with Crippen LogP contribution in [0.5, 0.6) is 0 Å². The zero-order chi connectivity index (χ0) is 16.9. The van der Waals surface area contributed by atoms with Gasteiger partial charge in [0.15, 0.2) is 0 Å². The first kappa shape index (κ1) is 17.9. The van der Waals surface area contributed by atoms with Crippen molar-refractivity contribution in [2.75, 3.05) is 26.2 Å². The van der Waals surface area contributed by atoms with Gasteiger partial charge >= 0.3 is 0 Å². The Labute approximate surface area is 140 Å².